The number of thioether (sulfide) groups is 1. The summed E-state index contributed by atoms with van der Waals surface area (Å²) in [6.45, 7) is 0. The molecular weight excluding hydrogens is 300 g/mol. The second kappa shape index (κ2) is 8.71. The highest BCUT2D eigenvalue weighted by Crippen LogP contribution is 2.22. The largest absolute Gasteiger partial charge is 0.468 e. The highest BCUT2D eigenvalue weighted by Gasteiger charge is 2.06. The summed E-state index contributed by atoms with van der Waals surface area (Å²) in [6, 6.07) is 4.92. The molecule has 110 valence electrons. The van der Waals surface area contributed by atoms with Crippen LogP contribution in [0.1, 0.15) is 12.8 Å². The lowest BCUT2D eigenvalue weighted by molar-refractivity contribution is -0.137. The van der Waals surface area contributed by atoms with Crippen molar-refractivity contribution in [2.24, 2.45) is 0 Å². The Bertz CT molecular complexity index is 483. The lowest BCUT2D eigenvalue weighted by Gasteiger charge is -2.08. The number of amides is 1. The van der Waals surface area contributed by atoms with E-state index in [0.29, 0.717) is 35.0 Å². The number of anilines is 2. The van der Waals surface area contributed by atoms with E-state index in [2.05, 4.69) is 10.1 Å². The van der Waals surface area contributed by atoms with Gasteiger partial charge in [0.2, 0.25) is 5.91 Å². The van der Waals surface area contributed by atoms with E-state index >= 15 is 0 Å². The molecule has 5 nitrogen and oxygen atoms in total. The highest BCUT2D eigenvalue weighted by molar-refractivity contribution is 7.99. The molecule has 0 aliphatic rings. The third kappa shape index (κ3) is 6.16. The number of hydrogen-bond acceptors (Lipinski definition) is 5. The van der Waals surface area contributed by atoms with Gasteiger partial charge in [0.1, 0.15) is 0 Å². The van der Waals surface area contributed by atoms with Crippen molar-refractivity contribution in [1.29, 1.82) is 0 Å². The predicted molar refractivity (Wildman–Crippen MR) is 83.1 cm³/mol. The number of rotatable bonds is 7. The van der Waals surface area contributed by atoms with Crippen molar-refractivity contribution in [2.45, 2.75) is 12.8 Å². The van der Waals surface area contributed by atoms with E-state index in [1.54, 1.807) is 18.2 Å². The van der Waals surface area contributed by atoms with Gasteiger partial charge >= 0.3 is 5.97 Å². The molecular formula is C13H17ClN2O3S. The van der Waals surface area contributed by atoms with Crippen molar-refractivity contribution in [3.63, 3.8) is 0 Å². The lowest BCUT2D eigenvalue weighted by Crippen LogP contribution is -2.13. The fourth-order valence-corrected chi connectivity index (χ4v) is 2.37. The highest BCUT2D eigenvalue weighted by atomic mass is 35.5. The van der Waals surface area contributed by atoms with Gasteiger partial charge in [-0.25, -0.2) is 0 Å². The number of carbonyl (C=O) groups is 2. The zero-order valence-electron chi connectivity index (χ0n) is 11.1. The molecule has 0 heterocycles. The van der Waals surface area contributed by atoms with Crippen LogP contribution in [-0.2, 0) is 14.3 Å². The number of ether oxygens (including phenoxy) is 1. The van der Waals surface area contributed by atoms with Gasteiger partial charge < -0.3 is 15.8 Å². The van der Waals surface area contributed by atoms with Crippen LogP contribution in [-0.4, -0.2) is 30.5 Å². The van der Waals surface area contributed by atoms with Gasteiger partial charge in [-0.15, -0.1) is 0 Å². The van der Waals surface area contributed by atoms with Crippen molar-refractivity contribution in [3.05, 3.63) is 23.2 Å². The molecule has 0 aromatic heterocycles. The Labute approximate surface area is 127 Å². The molecule has 0 aliphatic heterocycles. The van der Waals surface area contributed by atoms with Crippen LogP contribution >= 0.6 is 23.4 Å². The van der Waals surface area contributed by atoms with Crippen LogP contribution in [0.3, 0.4) is 0 Å². The van der Waals surface area contributed by atoms with Gasteiger partial charge in [0.05, 0.1) is 24.2 Å². The maximum Gasteiger partial charge on any atom is 0.315 e. The third-order valence-corrected chi connectivity index (χ3v) is 3.68. The average Bonchev–Trinajstić information content (AvgIpc) is 2.41. The SMILES string of the molecule is COC(=O)CSCCCC(=O)Nc1ccc(Cl)cc1N. The molecule has 0 aliphatic carbocycles. The molecule has 3 N–H and O–H groups in total. The van der Waals surface area contributed by atoms with E-state index in [4.69, 9.17) is 17.3 Å². The second-order valence-corrected chi connectivity index (χ2v) is 5.55. The molecule has 0 saturated heterocycles. The third-order valence-electron chi connectivity index (χ3n) is 2.43. The Hall–Kier alpha value is -1.40. The Balaban J connectivity index is 2.25. The number of benzene rings is 1. The van der Waals surface area contributed by atoms with Crippen LogP contribution in [0.2, 0.25) is 5.02 Å². The van der Waals surface area contributed by atoms with Gasteiger partial charge in [-0.05, 0) is 30.4 Å². The summed E-state index contributed by atoms with van der Waals surface area (Å²) in [5.74, 6) is 0.659. The van der Waals surface area contributed by atoms with Crippen molar-refractivity contribution in [1.82, 2.24) is 0 Å². The Morgan fingerprint density at radius 3 is 2.85 bits per heavy atom. The molecule has 0 unspecified atom stereocenters. The summed E-state index contributed by atoms with van der Waals surface area (Å²) in [7, 11) is 1.35. The predicted octanol–water partition coefficient (Wildman–Crippen LogP) is 2.55. The lowest BCUT2D eigenvalue weighted by atomic mass is 10.2. The first kappa shape index (κ1) is 16.7. The molecule has 7 heteroatoms. The number of nitrogens with two attached hydrogens (primary N) is 1. The van der Waals surface area contributed by atoms with Crippen molar-refractivity contribution in [2.75, 3.05) is 29.7 Å². The minimum Gasteiger partial charge on any atom is -0.468 e. The van der Waals surface area contributed by atoms with Crippen LogP contribution in [0.15, 0.2) is 18.2 Å². The molecule has 1 rings (SSSR count). The van der Waals surface area contributed by atoms with E-state index in [0.717, 1.165) is 5.75 Å². The molecule has 20 heavy (non-hydrogen) atoms. The maximum absolute atomic E-state index is 11.7. The number of hydrogen-bond donors (Lipinski definition) is 2. The molecule has 1 aromatic carbocycles. The van der Waals surface area contributed by atoms with Crippen LogP contribution in [0, 0.1) is 0 Å². The number of nitrogen functional groups attached to an aromatic ring is 1. The molecule has 0 bridgehead atoms. The van der Waals surface area contributed by atoms with E-state index in [1.807, 2.05) is 0 Å². The molecule has 0 fully saturated rings. The fraction of sp³-hybridized carbons (Fsp3) is 0.385. The molecule has 0 radical (unpaired) electrons. The summed E-state index contributed by atoms with van der Waals surface area (Å²) in [6.07, 6.45) is 1.05. The summed E-state index contributed by atoms with van der Waals surface area (Å²) in [4.78, 5) is 22.6. The Morgan fingerprint density at radius 2 is 2.20 bits per heavy atom. The zero-order chi connectivity index (χ0) is 15.0. The minimum atomic E-state index is -0.256. The van der Waals surface area contributed by atoms with Crippen LogP contribution in [0.5, 0.6) is 0 Å². The first-order valence-corrected chi connectivity index (χ1v) is 7.55. The quantitative estimate of drug-likeness (QED) is 0.459. The van der Waals surface area contributed by atoms with E-state index in [9.17, 15) is 9.59 Å². The van der Waals surface area contributed by atoms with Gasteiger partial charge in [0.15, 0.2) is 0 Å². The number of halogens is 1. The Morgan fingerprint density at radius 1 is 1.45 bits per heavy atom. The molecule has 1 aromatic rings. The van der Waals surface area contributed by atoms with Gasteiger partial charge in [0, 0.05) is 11.4 Å². The number of nitrogens with one attached hydrogen (secondary N) is 1. The van der Waals surface area contributed by atoms with Gasteiger partial charge in [-0.3, -0.25) is 9.59 Å². The number of methoxy groups -OCH3 is 1. The van der Waals surface area contributed by atoms with Crippen LogP contribution in [0.25, 0.3) is 0 Å². The first-order chi connectivity index (χ1) is 9.52. The molecule has 0 atom stereocenters. The van der Waals surface area contributed by atoms with Gasteiger partial charge in [0.25, 0.3) is 0 Å². The van der Waals surface area contributed by atoms with Gasteiger partial charge in [-0.1, -0.05) is 11.6 Å². The van der Waals surface area contributed by atoms with Crippen molar-refractivity contribution in [3.8, 4) is 0 Å². The fourth-order valence-electron chi connectivity index (χ4n) is 1.41. The van der Waals surface area contributed by atoms with E-state index in [1.165, 1.54) is 18.9 Å². The van der Waals surface area contributed by atoms with Crippen LogP contribution < -0.4 is 11.1 Å². The molecule has 0 spiro atoms. The standard InChI is InChI=1S/C13H17ClN2O3S/c1-19-13(18)8-20-6-2-3-12(17)16-11-5-4-9(14)7-10(11)15/h4-5,7H,2-3,6,8,15H2,1H3,(H,16,17). The van der Waals surface area contributed by atoms with E-state index < -0.39 is 0 Å². The minimum absolute atomic E-state index is 0.113. The summed E-state index contributed by atoms with van der Waals surface area (Å²) < 4.78 is 4.52. The monoisotopic (exact) mass is 316 g/mol. The number of carbonyl (C=O) groups excluding carboxylic acids is 2. The zero-order valence-corrected chi connectivity index (χ0v) is 12.7. The maximum atomic E-state index is 11.7. The van der Waals surface area contributed by atoms with Gasteiger partial charge in [-0.2, -0.15) is 11.8 Å². The van der Waals surface area contributed by atoms with Crippen molar-refractivity contribution >= 4 is 46.6 Å². The van der Waals surface area contributed by atoms with E-state index in [-0.39, 0.29) is 11.9 Å². The Kier molecular flexibility index (Phi) is 7.25. The summed E-state index contributed by atoms with van der Waals surface area (Å²) >= 11 is 7.22. The first-order valence-electron chi connectivity index (χ1n) is 6.02. The second-order valence-electron chi connectivity index (χ2n) is 4.01. The van der Waals surface area contributed by atoms with Crippen molar-refractivity contribution < 1.29 is 14.3 Å². The van der Waals surface area contributed by atoms with Crippen LogP contribution in [0.4, 0.5) is 11.4 Å². The topological polar surface area (TPSA) is 81.4 Å². The normalized spacial score (nSPS) is 10.1. The summed E-state index contributed by atoms with van der Waals surface area (Å²) in [5, 5.41) is 3.25. The summed E-state index contributed by atoms with van der Waals surface area (Å²) in [5.41, 5.74) is 6.73. The number of esters is 1. The smallest absolute Gasteiger partial charge is 0.315 e. The molecule has 1 amide bonds. The average molecular weight is 317 g/mol. The molecule has 0 saturated carbocycles.